The number of nitrogens with zero attached hydrogens (tertiary/aromatic N) is 2. The van der Waals surface area contributed by atoms with E-state index in [2.05, 4.69) is 68.2 Å². The summed E-state index contributed by atoms with van der Waals surface area (Å²) in [5.74, 6) is 0. The van der Waals surface area contributed by atoms with Crippen LogP contribution in [0.15, 0.2) is 46.9 Å². The van der Waals surface area contributed by atoms with Gasteiger partial charge >= 0.3 is 0 Å². The van der Waals surface area contributed by atoms with Gasteiger partial charge in [0.1, 0.15) is 0 Å². The van der Waals surface area contributed by atoms with E-state index in [0.29, 0.717) is 0 Å². The molecular weight excluding hydrogens is 384 g/mol. The van der Waals surface area contributed by atoms with Gasteiger partial charge in [0.05, 0.1) is 0 Å². The van der Waals surface area contributed by atoms with Crippen LogP contribution in [0, 0.1) is 0 Å². The lowest BCUT2D eigenvalue weighted by Crippen LogP contribution is -2.46. The number of hydrogen-bond donors (Lipinski definition) is 0. The van der Waals surface area contributed by atoms with E-state index in [1.165, 1.54) is 54.2 Å². The van der Waals surface area contributed by atoms with Crippen LogP contribution in [-0.2, 0) is 19.4 Å². The third kappa shape index (κ3) is 4.32. The second-order valence-electron chi connectivity index (χ2n) is 7.72. The molecule has 26 heavy (non-hydrogen) atoms. The van der Waals surface area contributed by atoms with Gasteiger partial charge < -0.3 is 4.90 Å². The molecule has 4 rings (SSSR count). The fourth-order valence-electron chi connectivity index (χ4n) is 4.45. The minimum Gasteiger partial charge on any atom is -0.369 e. The molecule has 0 radical (unpaired) electrons. The van der Waals surface area contributed by atoms with E-state index < -0.39 is 0 Å². The lowest BCUT2D eigenvalue weighted by Gasteiger charge is -2.37. The molecule has 1 fully saturated rings. The maximum absolute atomic E-state index is 3.59. The maximum atomic E-state index is 3.59. The van der Waals surface area contributed by atoms with Gasteiger partial charge in [0.2, 0.25) is 0 Å². The van der Waals surface area contributed by atoms with E-state index in [0.717, 1.165) is 32.7 Å². The highest BCUT2D eigenvalue weighted by atomic mass is 79.9. The molecule has 0 bridgehead atoms. The standard InChI is InChI=1S/C23H29BrN2/c24-21-10-5-7-19(17-21)18-25-13-15-26(16-14-25)23-12-6-9-20-8-3-1-2-4-11-22(20)23/h5-7,9-10,12,17H,1-4,8,11,13-16,18H2. The second-order valence-corrected chi connectivity index (χ2v) is 8.64. The largest absolute Gasteiger partial charge is 0.369 e. The Morgan fingerprint density at radius 2 is 1.58 bits per heavy atom. The highest BCUT2D eigenvalue weighted by Gasteiger charge is 2.21. The fourth-order valence-corrected chi connectivity index (χ4v) is 4.90. The van der Waals surface area contributed by atoms with Gasteiger partial charge in [-0.3, -0.25) is 4.90 Å². The number of aryl methyl sites for hydroxylation is 1. The first-order valence-corrected chi connectivity index (χ1v) is 10.9. The van der Waals surface area contributed by atoms with Crippen molar-refractivity contribution in [1.82, 2.24) is 4.90 Å². The number of rotatable bonds is 3. The summed E-state index contributed by atoms with van der Waals surface area (Å²) in [7, 11) is 0. The van der Waals surface area contributed by atoms with E-state index in [4.69, 9.17) is 0 Å². The van der Waals surface area contributed by atoms with Crippen LogP contribution in [0.25, 0.3) is 0 Å². The Balaban J connectivity index is 1.42. The van der Waals surface area contributed by atoms with Gasteiger partial charge in [-0.2, -0.15) is 0 Å². The molecular formula is C23H29BrN2. The van der Waals surface area contributed by atoms with Crippen molar-refractivity contribution < 1.29 is 0 Å². The third-order valence-corrected chi connectivity index (χ3v) is 6.37. The zero-order valence-electron chi connectivity index (χ0n) is 15.6. The average molecular weight is 413 g/mol. The predicted molar refractivity (Wildman–Crippen MR) is 114 cm³/mol. The van der Waals surface area contributed by atoms with Crippen LogP contribution in [0.3, 0.4) is 0 Å². The van der Waals surface area contributed by atoms with Crippen molar-refractivity contribution >= 4 is 21.6 Å². The second kappa shape index (κ2) is 8.58. The zero-order valence-corrected chi connectivity index (χ0v) is 17.2. The number of benzene rings is 2. The van der Waals surface area contributed by atoms with Crippen LogP contribution < -0.4 is 4.90 Å². The molecule has 0 unspecified atom stereocenters. The molecule has 2 aromatic rings. The van der Waals surface area contributed by atoms with E-state index >= 15 is 0 Å². The Bertz CT molecular complexity index is 735. The van der Waals surface area contributed by atoms with Crippen molar-refractivity contribution in [1.29, 1.82) is 0 Å². The quantitative estimate of drug-likeness (QED) is 0.662. The minimum atomic E-state index is 1.06. The lowest BCUT2D eigenvalue weighted by atomic mass is 9.91. The molecule has 1 heterocycles. The van der Waals surface area contributed by atoms with Crippen LogP contribution in [-0.4, -0.2) is 31.1 Å². The molecule has 2 aromatic carbocycles. The van der Waals surface area contributed by atoms with Gasteiger partial charge in [-0.1, -0.05) is 53.0 Å². The summed E-state index contributed by atoms with van der Waals surface area (Å²) in [6, 6.07) is 15.7. The molecule has 1 saturated heterocycles. The molecule has 1 aliphatic carbocycles. The Morgan fingerprint density at radius 1 is 0.808 bits per heavy atom. The highest BCUT2D eigenvalue weighted by molar-refractivity contribution is 9.10. The van der Waals surface area contributed by atoms with Crippen molar-refractivity contribution in [2.24, 2.45) is 0 Å². The molecule has 3 heteroatoms. The smallest absolute Gasteiger partial charge is 0.0402 e. The van der Waals surface area contributed by atoms with Gasteiger partial charge in [-0.15, -0.1) is 0 Å². The molecule has 0 N–H and O–H groups in total. The van der Waals surface area contributed by atoms with Crippen LogP contribution in [0.1, 0.15) is 42.4 Å². The molecule has 2 nitrogen and oxygen atoms in total. The number of anilines is 1. The Labute approximate surface area is 166 Å². The van der Waals surface area contributed by atoms with Gasteiger partial charge in [-0.25, -0.2) is 0 Å². The van der Waals surface area contributed by atoms with Crippen LogP contribution >= 0.6 is 15.9 Å². The summed E-state index contributed by atoms with van der Waals surface area (Å²) < 4.78 is 1.18. The number of hydrogen-bond acceptors (Lipinski definition) is 2. The molecule has 0 spiro atoms. The molecule has 0 amide bonds. The summed E-state index contributed by atoms with van der Waals surface area (Å²) in [5.41, 5.74) is 6.18. The van der Waals surface area contributed by atoms with E-state index in [1.807, 2.05) is 0 Å². The van der Waals surface area contributed by atoms with E-state index in [9.17, 15) is 0 Å². The summed E-state index contributed by atoms with van der Waals surface area (Å²) in [5, 5.41) is 0. The van der Waals surface area contributed by atoms with Gasteiger partial charge in [0, 0.05) is 42.9 Å². The molecule has 2 aliphatic rings. The Kier molecular flexibility index (Phi) is 5.96. The normalized spacial score (nSPS) is 18.9. The lowest BCUT2D eigenvalue weighted by molar-refractivity contribution is 0.249. The monoisotopic (exact) mass is 412 g/mol. The molecule has 0 saturated carbocycles. The first kappa shape index (κ1) is 18.1. The Hall–Kier alpha value is -1.32. The van der Waals surface area contributed by atoms with Gasteiger partial charge in [0.15, 0.2) is 0 Å². The van der Waals surface area contributed by atoms with Crippen LogP contribution in [0.5, 0.6) is 0 Å². The van der Waals surface area contributed by atoms with Gasteiger partial charge in [-0.05, 0) is 60.6 Å². The zero-order chi connectivity index (χ0) is 17.8. The Morgan fingerprint density at radius 3 is 2.38 bits per heavy atom. The molecule has 138 valence electrons. The number of halogens is 1. The summed E-state index contributed by atoms with van der Waals surface area (Å²) in [4.78, 5) is 5.22. The van der Waals surface area contributed by atoms with Crippen molar-refractivity contribution in [2.75, 3.05) is 31.1 Å². The van der Waals surface area contributed by atoms with Crippen LogP contribution in [0.2, 0.25) is 0 Å². The molecule has 1 aliphatic heterocycles. The van der Waals surface area contributed by atoms with Crippen molar-refractivity contribution in [3.8, 4) is 0 Å². The summed E-state index contributed by atoms with van der Waals surface area (Å²) in [6.45, 7) is 5.64. The fraction of sp³-hybridized carbons (Fsp3) is 0.478. The van der Waals surface area contributed by atoms with Gasteiger partial charge in [0.25, 0.3) is 0 Å². The number of fused-ring (bicyclic) bond motifs is 1. The predicted octanol–water partition coefficient (Wildman–Crippen LogP) is 5.43. The first-order chi connectivity index (χ1) is 12.8. The highest BCUT2D eigenvalue weighted by Crippen LogP contribution is 2.30. The van der Waals surface area contributed by atoms with Crippen molar-refractivity contribution in [3.63, 3.8) is 0 Å². The number of piperazine rings is 1. The van der Waals surface area contributed by atoms with E-state index in [-0.39, 0.29) is 0 Å². The van der Waals surface area contributed by atoms with Crippen molar-refractivity contribution in [2.45, 2.75) is 45.1 Å². The summed E-state index contributed by atoms with van der Waals surface area (Å²) >= 11 is 3.59. The summed E-state index contributed by atoms with van der Waals surface area (Å²) in [6.07, 6.45) is 8.05. The topological polar surface area (TPSA) is 6.48 Å². The van der Waals surface area contributed by atoms with Crippen LogP contribution in [0.4, 0.5) is 5.69 Å². The molecule has 0 atom stereocenters. The molecule has 0 aromatic heterocycles. The van der Waals surface area contributed by atoms with Crippen molar-refractivity contribution in [3.05, 3.63) is 63.6 Å². The first-order valence-electron chi connectivity index (χ1n) is 10.1. The van der Waals surface area contributed by atoms with E-state index in [1.54, 1.807) is 11.1 Å². The maximum Gasteiger partial charge on any atom is 0.0402 e. The average Bonchev–Trinajstić information content (AvgIpc) is 2.63. The minimum absolute atomic E-state index is 1.06. The SMILES string of the molecule is Brc1cccc(CN2CCN(c3cccc4c3CCCCCC4)CC2)c1. The third-order valence-electron chi connectivity index (χ3n) is 5.88.